The molecule has 0 fully saturated rings. The Balaban J connectivity index is 2.36. The van der Waals surface area contributed by atoms with E-state index in [1.807, 2.05) is 24.3 Å². The number of fused-ring (bicyclic) bond motifs is 1. The Bertz CT molecular complexity index is 914. The SMILES string of the molecule is COC/C=C/c1c(C(C)C)nn2c(Cl)ccc2c1-c1ccc(F)cc1. The number of halogens is 2. The molecule has 0 saturated carbocycles. The first-order valence-electron chi connectivity index (χ1n) is 8.15. The van der Waals surface area contributed by atoms with E-state index in [1.54, 1.807) is 23.8 Å². The molecule has 0 amide bonds. The zero-order chi connectivity index (χ0) is 18.0. The monoisotopic (exact) mass is 358 g/mol. The van der Waals surface area contributed by atoms with Crippen molar-refractivity contribution in [1.29, 1.82) is 0 Å². The Morgan fingerprint density at radius 3 is 2.56 bits per heavy atom. The van der Waals surface area contributed by atoms with E-state index in [0.29, 0.717) is 11.8 Å². The average molecular weight is 359 g/mol. The van der Waals surface area contributed by atoms with E-state index < -0.39 is 0 Å². The number of rotatable bonds is 5. The van der Waals surface area contributed by atoms with E-state index in [2.05, 4.69) is 13.8 Å². The maximum absolute atomic E-state index is 13.4. The Labute approximate surface area is 151 Å². The molecule has 0 spiro atoms. The third kappa shape index (κ3) is 3.46. The van der Waals surface area contributed by atoms with Gasteiger partial charge in [-0.3, -0.25) is 0 Å². The molecule has 130 valence electrons. The summed E-state index contributed by atoms with van der Waals surface area (Å²) in [7, 11) is 1.66. The van der Waals surface area contributed by atoms with Gasteiger partial charge in [0.25, 0.3) is 0 Å². The lowest BCUT2D eigenvalue weighted by Gasteiger charge is -2.17. The number of aromatic nitrogens is 2. The van der Waals surface area contributed by atoms with Gasteiger partial charge < -0.3 is 4.74 Å². The first kappa shape index (κ1) is 17.6. The molecule has 3 aromatic rings. The lowest BCUT2D eigenvalue weighted by Crippen LogP contribution is -2.06. The Kier molecular flexibility index (Phi) is 5.21. The van der Waals surface area contributed by atoms with Crippen LogP contribution in [0.15, 0.2) is 42.5 Å². The van der Waals surface area contributed by atoms with Gasteiger partial charge in [-0.05, 0) is 35.7 Å². The molecule has 0 aliphatic carbocycles. The molecule has 0 N–H and O–H groups in total. The van der Waals surface area contributed by atoms with Crippen LogP contribution in [-0.4, -0.2) is 23.3 Å². The maximum Gasteiger partial charge on any atom is 0.131 e. The van der Waals surface area contributed by atoms with Crippen LogP contribution in [0.1, 0.15) is 31.0 Å². The van der Waals surface area contributed by atoms with Gasteiger partial charge in [0, 0.05) is 18.2 Å². The fourth-order valence-electron chi connectivity index (χ4n) is 2.90. The normalized spacial score (nSPS) is 11.9. The summed E-state index contributed by atoms with van der Waals surface area (Å²) in [6, 6.07) is 10.3. The molecule has 2 heterocycles. The number of ether oxygens (including phenoxy) is 1. The molecule has 0 bridgehead atoms. The molecule has 0 unspecified atom stereocenters. The molecule has 2 aromatic heterocycles. The van der Waals surface area contributed by atoms with Crippen molar-refractivity contribution >= 4 is 23.2 Å². The first-order chi connectivity index (χ1) is 12.0. The standard InChI is InChI=1S/C20H20ClFN2O/c1-13(2)20-16(5-4-12-25-3)19(14-6-8-15(22)9-7-14)17-10-11-18(21)24(17)23-20/h4-11,13H,12H2,1-3H3/b5-4+. The van der Waals surface area contributed by atoms with Crippen LogP contribution in [0, 0.1) is 5.82 Å². The maximum atomic E-state index is 13.4. The summed E-state index contributed by atoms with van der Waals surface area (Å²) >= 11 is 6.32. The summed E-state index contributed by atoms with van der Waals surface area (Å²) in [4.78, 5) is 0. The molecule has 3 rings (SSSR count). The molecule has 3 nitrogen and oxygen atoms in total. The molecule has 0 aliphatic heterocycles. The van der Waals surface area contributed by atoms with Gasteiger partial charge in [-0.2, -0.15) is 5.10 Å². The van der Waals surface area contributed by atoms with Crippen molar-refractivity contribution in [2.45, 2.75) is 19.8 Å². The third-order valence-corrected chi connectivity index (χ3v) is 4.33. The van der Waals surface area contributed by atoms with Gasteiger partial charge in [-0.1, -0.05) is 49.7 Å². The summed E-state index contributed by atoms with van der Waals surface area (Å²) in [5, 5.41) is 5.28. The van der Waals surface area contributed by atoms with E-state index in [9.17, 15) is 4.39 Å². The van der Waals surface area contributed by atoms with E-state index in [1.165, 1.54) is 12.1 Å². The zero-order valence-electron chi connectivity index (χ0n) is 14.5. The topological polar surface area (TPSA) is 26.5 Å². The number of nitrogens with zero attached hydrogens (tertiary/aromatic N) is 2. The van der Waals surface area contributed by atoms with Crippen molar-refractivity contribution < 1.29 is 9.13 Å². The number of hydrogen-bond donors (Lipinski definition) is 0. The van der Waals surface area contributed by atoms with E-state index in [-0.39, 0.29) is 11.7 Å². The van der Waals surface area contributed by atoms with Crippen LogP contribution in [0.2, 0.25) is 5.15 Å². The van der Waals surface area contributed by atoms with Gasteiger partial charge in [-0.15, -0.1) is 0 Å². The van der Waals surface area contributed by atoms with Crippen LogP contribution in [0.5, 0.6) is 0 Å². The largest absolute Gasteiger partial charge is 0.381 e. The predicted octanol–water partition coefficient (Wildman–Crippen LogP) is 5.58. The predicted molar refractivity (Wildman–Crippen MR) is 101 cm³/mol. The van der Waals surface area contributed by atoms with Gasteiger partial charge in [-0.25, -0.2) is 8.91 Å². The van der Waals surface area contributed by atoms with Crippen molar-refractivity contribution in [3.8, 4) is 11.1 Å². The lowest BCUT2D eigenvalue weighted by molar-refractivity contribution is 0.234. The average Bonchev–Trinajstić information content (AvgIpc) is 2.96. The highest BCUT2D eigenvalue weighted by atomic mass is 35.5. The van der Waals surface area contributed by atoms with Gasteiger partial charge in [0.05, 0.1) is 17.8 Å². The summed E-state index contributed by atoms with van der Waals surface area (Å²) < 4.78 is 20.3. The van der Waals surface area contributed by atoms with Gasteiger partial charge in [0.2, 0.25) is 0 Å². The van der Waals surface area contributed by atoms with E-state index >= 15 is 0 Å². The number of hydrogen-bond acceptors (Lipinski definition) is 2. The molecule has 0 atom stereocenters. The van der Waals surface area contributed by atoms with Gasteiger partial charge in [0.1, 0.15) is 11.0 Å². The minimum atomic E-state index is -0.261. The van der Waals surface area contributed by atoms with Crippen LogP contribution in [0.25, 0.3) is 22.7 Å². The second kappa shape index (κ2) is 7.38. The highest BCUT2D eigenvalue weighted by molar-refractivity contribution is 6.30. The quantitative estimate of drug-likeness (QED) is 0.595. The van der Waals surface area contributed by atoms with E-state index in [4.69, 9.17) is 21.4 Å². The molecule has 5 heteroatoms. The minimum absolute atomic E-state index is 0.198. The molecule has 0 radical (unpaired) electrons. The van der Waals surface area contributed by atoms with Crippen molar-refractivity contribution in [3.05, 3.63) is 64.7 Å². The highest BCUT2D eigenvalue weighted by Crippen LogP contribution is 2.35. The molecule has 0 saturated heterocycles. The van der Waals surface area contributed by atoms with Crippen LogP contribution in [0.4, 0.5) is 4.39 Å². The smallest absolute Gasteiger partial charge is 0.131 e. The van der Waals surface area contributed by atoms with Crippen molar-refractivity contribution in [2.75, 3.05) is 13.7 Å². The minimum Gasteiger partial charge on any atom is -0.381 e. The van der Waals surface area contributed by atoms with Gasteiger partial charge >= 0.3 is 0 Å². The summed E-state index contributed by atoms with van der Waals surface area (Å²) in [6.07, 6.45) is 3.97. The Morgan fingerprint density at radius 2 is 1.92 bits per heavy atom. The first-order valence-corrected chi connectivity index (χ1v) is 8.53. The molecule has 1 aromatic carbocycles. The number of benzene rings is 1. The Morgan fingerprint density at radius 1 is 1.20 bits per heavy atom. The highest BCUT2D eigenvalue weighted by Gasteiger charge is 2.18. The summed E-state index contributed by atoms with van der Waals surface area (Å²) in [5.74, 6) is -0.0629. The third-order valence-electron chi connectivity index (χ3n) is 4.05. The van der Waals surface area contributed by atoms with E-state index in [0.717, 1.165) is 27.9 Å². The van der Waals surface area contributed by atoms with Crippen molar-refractivity contribution in [1.82, 2.24) is 9.61 Å². The number of methoxy groups -OCH3 is 1. The fourth-order valence-corrected chi connectivity index (χ4v) is 3.09. The summed E-state index contributed by atoms with van der Waals surface area (Å²) in [5.41, 5.74) is 4.72. The zero-order valence-corrected chi connectivity index (χ0v) is 15.2. The lowest BCUT2D eigenvalue weighted by atomic mass is 9.94. The van der Waals surface area contributed by atoms with Crippen molar-refractivity contribution in [2.24, 2.45) is 0 Å². The van der Waals surface area contributed by atoms with Gasteiger partial charge in [0.15, 0.2) is 0 Å². The summed E-state index contributed by atoms with van der Waals surface area (Å²) in [6.45, 7) is 4.69. The Hall–Kier alpha value is -2.17. The van der Waals surface area contributed by atoms with Crippen molar-refractivity contribution in [3.63, 3.8) is 0 Å². The van der Waals surface area contributed by atoms with Crippen LogP contribution in [-0.2, 0) is 4.74 Å². The molecular formula is C20H20ClFN2O. The van der Waals surface area contributed by atoms with Crippen LogP contribution >= 0.6 is 11.6 Å². The van der Waals surface area contributed by atoms with Crippen LogP contribution < -0.4 is 0 Å². The fraction of sp³-hybridized carbons (Fsp3) is 0.250. The van der Waals surface area contributed by atoms with Crippen LogP contribution in [0.3, 0.4) is 0 Å². The second-order valence-corrected chi connectivity index (χ2v) is 6.53. The second-order valence-electron chi connectivity index (χ2n) is 6.15. The molecular weight excluding hydrogens is 339 g/mol. The molecule has 25 heavy (non-hydrogen) atoms. The molecule has 0 aliphatic rings.